The molecule has 0 saturated heterocycles. The van der Waals surface area contributed by atoms with Gasteiger partial charge in [0.1, 0.15) is 23.1 Å². The van der Waals surface area contributed by atoms with Crippen LogP contribution in [0.15, 0.2) is 36.4 Å². The molecule has 0 radical (unpaired) electrons. The van der Waals surface area contributed by atoms with Crippen molar-refractivity contribution in [1.82, 2.24) is 0 Å². The van der Waals surface area contributed by atoms with Crippen LogP contribution in [0.4, 0.5) is 8.78 Å². The van der Waals surface area contributed by atoms with E-state index in [1.807, 2.05) is 34.6 Å². The minimum Gasteiger partial charge on any atom is -0.497 e. The van der Waals surface area contributed by atoms with Crippen LogP contribution in [0.25, 0.3) is 0 Å². The molecule has 0 saturated carbocycles. The monoisotopic (exact) mass is 340 g/mol. The van der Waals surface area contributed by atoms with Crippen LogP contribution in [0.2, 0.25) is 0 Å². The Bertz CT molecular complexity index is 570. The summed E-state index contributed by atoms with van der Waals surface area (Å²) in [4.78, 5) is 0. The summed E-state index contributed by atoms with van der Waals surface area (Å²) in [5.74, 6) is 0.999. The third kappa shape index (κ3) is 9.13. The van der Waals surface area contributed by atoms with Gasteiger partial charge in [-0.1, -0.05) is 27.7 Å². The third-order valence-corrected chi connectivity index (χ3v) is 2.72. The molecule has 0 unspecified atom stereocenters. The minimum atomic E-state index is -0.224. The molecule has 0 N–H and O–H groups in total. The van der Waals surface area contributed by atoms with Crippen LogP contribution < -0.4 is 9.47 Å². The molecule has 0 aliphatic rings. The normalized spacial score (nSPS) is 8.42. The Hall–Kier alpha value is -2.10. The van der Waals surface area contributed by atoms with Gasteiger partial charge in [-0.2, -0.15) is 0 Å². The van der Waals surface area contributed by atoms with E-state index in [0.717, 1.165) is 11.3 Å². The standard InChI is InChI=1S/2C8H9FO.2C2H6/c1-6-5-7(10-2)3-4-8(6)9;1-6-5-7(9)3-4-8(6)10-2;2*1-2/h2*3-5H,1-2H3;2*1-2H3. The van der Waals surface area contributed by atoms with Gasteiger partial charge in [-0.25, -0.2) is 8.78 Å². The van der Waals surface area contributed by atoms with Gasteiger partial charge in [-0.3, -0.25) is 0 Å². The van der Waals surface area contributed by atoms with E-state index in [1.165, 1.54) is 18.2 Å². The second kappa shape index (κ2) is 14.5. The van der Waals surface area contributed by atoms with E-state index in [4.69, 9.17) is 9.47 Å². The maximum atomic E-state index is 12.6. The molecule has 0 atom stereocenters. The smallest absolute Gasteiger partial charge is 0.126 e. The Morgan fingerprint density at radius 1 is 0.708 bits per heavy atom. The van der Waals surface area contributed by atoms with Gasteiger partial charge in [0.05, 0.1) is 14.2 Å². The highest BCUT2D eigenvalue weighted by Crippen LogP contribution is 2.17. The average molecular weight is 340 g/mol. The summed E-state index contributed by atoms with van der Waals surface area (Å²) in [6.45, 7) is 11.5. The fourth-order valence-electron chi connectivity index (χ4n) is 1.59. The molecule has 0 amide bonds. The first-order valence-corrected chi connectivity index (χ1v) is 8.08. The maximum Gasteiger partial charge on any atom is 0.126 e. The summed E-state index contributed by atoms with van der Waals surface area (Å²) in [6.07, 6.45) is 0. The van der Waals surface area contributed by atoms with Crippen LogP contribution in [-0.4, -0.2) is 14.2 Å². The summed E-state index contributed by atoms with van der Waals surface area (Å²) in [6, 6.07) is 9.10. The Balaban J connectivity index is 0. The molecular weight excluding hydrogens is 310 g/mol. The molecule has 2 aromatic carbocycles. The highest BCUT2D eigenvalue weighted by atomic mass is 19.1. The van der Waals surface area contributed by atoms with Crippen LogP contribution in [0.3, 0.4) is 0 Å². The fraction of sp³-hybridized carbons (Fsp3) is 0.400. The lowest BCUT2D eigenvalue weighted by Crippen LogP contribution is -1.86. The maximum absolute atomic E-state index is 12.6. The highest BCUT2D eigenvalue weighted by Gasteiger charge is 1.97. The molecule has 2 nitrogen and oxygen atoms in total. The van der Waals surface area contributed by atoms with Crippen molar-refractivity contribution in [3.8, 4) is 11.5 Å². The molecule has 0 aliphatic carbocycles. The molecule has 0 bridgehead atoms. The summed E-state index contributed by atoms with van der Waals surface area (Å²) < 4.78 is 34.8. The lowest BCUT2D eigenvalue weighted by Gasteiger charge is -2.01. The molecule has 4 heteroatoms. The number of halogens is 2. The second-order valence-corrected chi connectivity index (χ2v) is 4.23. The van der Waals surface area contributed by atoms with Crippen molar-refractivity contribution in [1.29, 1.82) is 0 Å². The quantitative estimate of drug-likeness (QED) is 0.635. The summed E-state index contributed by atoms with van der Waals surface area (Å²) in [5.41, 5.74) is 1.43. The summed E-state index contributed by atoms with van der Waals surface area (Å²) >= 11 is 0. The van der Waals surface area contributed by atoms with E-state index < -0.39 is 0 Å². The van der Waals surface area contributed by atoms with Crippen molar-refractivity contribution in [2.24, 2.45) is 0 Å². The minimum absolute atomic E-state index is 0.194. The molecule has 0 aliphatic heterocycles. The number of aryl methyl sites for hydroxylation is 2. The second-order valence-electron chi connectivity index (χ2n) is 4.23. The third-order valence-electron chi connectivity index (χ3n) is 2.72. The molecule has 0 aromatic heterocycles. The number of ether oxygens (including phenoxy) is 2. The lowest BCUT2D eigenvalue weighted by molar-refractivity contribution is 0.410. The van der Waals surface area contributed by atoms with Crippen molar-refractivity contribution >= 4 is 0 Å². The number of methoxy groups -OCH3 is 2. The first-order valence-electron chi connectivity index (χ1n) is 8.08. The summed E-state index contributed by atoms with van der Waals surface area (Å²) in [7, 11) is 3.13. The van der Waals surface area contributed by atoms with Crippen LogP contribution in [-0.2, 0) is 0 Å². The van der Waals surface area contributed by atoms with Crippen LogP contribution in [0.5, 0.6) is 11.5 Å². The van der Waals surface area contributed by atoms with Crippen molar-refractivity contribution < 1.29 is 18.3 Å². The molecule has 2 aromatic rings. The highest BCUT2D eigenvalue weighted by molar-refractivity contribution is 5.32. The number of rotatable bonds is 2. The topological polar surface area (TPSA) is 18.5 Å². The van der Waals surface area contributed by atoms with Gasteiger partial charge in [0.15, 0.2) is 0 Å². The Morgan fingerprint density at radius 3 is 1.71 bits per heavy atom. The predicted octanol–water partition coefficient (Wildman–Crippen LogP) is 6.34. The zero-order chi connectivity index (χ0) is 19.1. The van der Waals surface area contributed by atoms with Crippen molar-refractivity contribution in [2.45, 2.75) is 41.5 Å². The number of benzene rings is 2. The number of hydrogen-bond acceptors (Lipinski definition) is 2. The van der Waals surface area contributed by atoms with Crippen LogP contribution >= 0.6 is 0 Å². The van der Waals surface area contributed by atoms with E-state index in [2.05, 4.69) is 0 Å². The zero-order valence-corrected chi connectivity index (χ0v) is 16.0. The van der Waals surface area contributed by atoms with Gasteiger partial charge in [0.25, 0.3) is 0 Å². The van der Waals surface area contributed by atoms with Gasteiger partial charge in [0.2, 0.25) is 0 Å². The molecule has 136 valence electrons. The summed E-state index contributed by atoms with van der Waals surface area (Å²) in [5, 5.41) is 0. The molecule has 24 heavy (non-hydrogen) atoms. The zero-order valence-electron chi connectivity index (χ0n) is 16.0. The SMILES string of the molecule is CC.CC.COc1ccc(F)c(C)c1.COc1ccc(F)cc1C. The van der Waals surface area contributed by atoms with Gasteiger partial charge < -0.3 is 9.47 Å². The largest absolute Gasteiger partial charge is 0.497 e. The predicted molar refractivity (Wildman–Crippen MR) is 98.1 cm³/mol. The van der Waals surface area contributed by atoms with Crippen molar-refractivity contribution in [2.75, 3.05) is 14.2 Å². The van der Waals surface area contributed by atoms with Gasteiger partial charge in [-0.15, -0.1) is 0 Å². The Labute approximate surface area is 145 Å². The lowest BCUT2D eigenvalue weighted by atomic mass is 10.2. The molecular formula is C20H30F2O2. The average Bonchev–Trinajstić information content (AvgIpc) is 2.61. The molecule has 0 fully saturated rings. The van der Waals surface area contributed by atoms with Gasteiger partial charge >= 0.3 is 0 Å². The van der Waals surface area contributed by atoms with Crippen molar-refractivity contribution in [3.63, 3.8) is 0 Å². The van der Waals surface area contributed by atoms with Crippen molar-refractivity contribution in [3.05, 3.63) is 59.2 Å². The van der Waals surface area contributed by atoms with E-state index in [0.29, 0.717) is 11.3 Å². The van der Waals surface area contributed by atoms with E-state index >= 15 is 0 Å². The van der Waals surface area contributed by atoms with Crippen LogP contribution in [0, 0.1) is 25.5 Å². The number of hydrogen-bond donors (Lipinski definition) is 0. The fourth-order valence-corrected chi connectivity index (χ4v) is 1.59. The Kier molecular flexibility index (Phi) is 14.6. The Morgan fingerprint density at radius 2 is 1.29 bits per heavy atom. The van der Waals surface area contributed by atoms with Crippen LogP contribution in [0.1, 0.15) is 38.8 Å². The molecule has 0 heterocycles. The molecule has 0 spiro atoms. The molecule has 2 rings (SSSR count). The van der Waals surface area contributed by atoms with E-state index in [-0.39, 0.29) is 11.6 Å². The van der Waals surface area contributed by atoms with E-state index in [9.17, 15) is 8.78 Å². The first-order chi connectivity index (χ1) is 11.5. The van der Waals surface area contributed by atoms with Gasteiger partial charge in [-0.05, 0) is 61.4 Å². The first kappa shape index (κ1) is 24.2. The van der Waals surface area contributed by atoms with Gasteiger partial charge in [0, 0.05) is 0 Å². The van der Waals surface area contributed by atoms with E-state index in [1.54, 1.807) is 39.3 Å².